The number of nitriles is 1. The van der Waals surface area contributed by atoms with E-state index in [-0.39, 0.29) is 12.0 Å². The lowest BCUT2D eigenvalue weighted by Gasteiger charge is -2.20. The van der Waals surface area contributed by atoms with Gasteiger partial charge in [-0.3, -0.25) is 4.79 Å². The van der Waals surface area contributed by atoms with Crippen LogP contribution in [0.2, 0.25) is 0 Å². The van der Waals surface area contributed by atoms with Gasteiger partial charge in [-0.1, -0.05) is 36.4 Å². The molecule has 1 fully saturated rings. The molecule has 0 heterocycles. The minimum absolute atomic E-state index is 0.129. The van der Waals surface area contributed by atoms with E-state index in [0.717, 1.165) is 19.3 Å². The molecule has 1 saturated carbocycles. The molecule has 0 saturated heterocycles. The highest BCUT2D eigenvalue weighted by molar-refractivity contribution is 5.69. The van der Waals surface area contributed by atoms with Gasteiger partial charge in [-0.15, -0.1) is 0 Å². The number of rotatable bonds is 8. The standard InChI is InChI=1S/C25H30N2O2/c1-3-29-25(28)14-9-19-7-10-21(11-8-19)23-12-13-24(16-23)27-18(2)22-6-4-5-20(15-22)17-26/h4-8,10-11,15,18,23-24,27H,3,9,12-14,16H2,1-2H3/t18-,23+,24+/m1/s1. The van der Waals surface area contributed by atoms with E-state index in [0.29, 0.717) is 30.6 Å². The number of hydrogen-bond donors (Lipinski definition) is 1. The molecule has 4 nitrogen and oxygen atoms in total. The molecule has 0 amide bonds. The Balaban J connectivity index is 1.51. The minimum atomic E-state index is -0.129. The van der Waals surface area contributed by atoms with Crippen molar-refractivity contribution in [1.82, 2.24) is 5.32 Å². The molecule has 3 atom stereocenters. The maximum absolute atomic E-state index is 11.5. The van der Waals surface area contributed by atoms with Crippen LogP contribution in [-0.4, -0.2) is 18.6 Å². The van der Waals surface area contributed by atoms with Crippen molar-refractivity contribution in [2.45, 2.75) is 64.0 Å². The first-order chi connectivity index (χ1) is 14.1. The van der Waals surface area contributed by atoms with Crippen molar-refractivity contribution in [3.63, 3.8) is 0 Å². The number of ether oxygens (including phenoxy) is 1. The van der Waals surface area contributed by atoms with Gasteiger partial charge < -0.3 is 10.1 Å². The molecule has 1 N–H and O–H groups in total. The number of esters is 1. The Morgan fingerprint density at radius 3 is 2.76 bits per heavy atom. The average molecular weight is 391 g/mol. The molecule has 0 spiro atoms. The van der Waals surface area contributed by atoms with Gasteiger partial charge in [0, 0.05) is 18.5 Å². The quantitative estimate of drug-likeness (QED) is 0.641. The van der Waals surface area contributed by atoms with Crippen molar-refractivity contribution in [2.24, 2.45) is 0 Å². The fourth-order valence-electron chi connectivity index (χ4n) is 4.20. The van der Waals surface area contributed by atoms with Crippen LogP contribution in [0.1, 0.15) is 73.7 Å². The van der Waals surface area contributed by atoms with Gasteiger partial charge in [-0.25, -0.2) is 0 Å². The number of carbonyl (C=O) groups is 1. The Morgan fingerprint density at radius 2 is 2.03 bits per heavy atom. The maximum atomic E-state index is 11.5. The first-order valence-electron chi connectivity index (χ1n) is 10.6. The van der Waals surface area contributed by atoms with Crippen molar-refractivity contribution in [2.75, 3.05) is 6.61 Å². The minimum Gasteiger partial charge on any atom is -0.466 e. The first-order valence-corrected chi connectivity index (χ1v) is 10.6. The van der Waals surface area contributed by atoms with E-state index < -0.39 is 0 Å². The van der Waals surface area contributed by atoms with E-state index in [2.05, 4.69) is 48.6 Å². The van der Waals surface area contributed by atoms with Crippen molar-refractivity contribution >= 4 is 5.97 Å². The fraction of sp³-hybridized carbons (Fsp3) is 0.440. The van der Waals surface area contributed by atoms with Gasteiger partial charge in [-0.05, 0) is 74.3 Å². The monoisotopic (exact) mass is 390 g/mol. The molecule has 1 aliphatic rings. The summed E-state index contributed by atoms with van der Waals surface area (Å²) in [5.74, 6) is 0.444. The van der Waals surface area contributed by atoms with Crippen LogP contribution in [0.5, 0.6) is 0 Å². The van der Waals surface area contributed by atoms with Crippen LogP contribution in [0.15, 0.2) is 48.5 Å². The normalized spacial score (nSPS) is 19.5. The van der Waals surface area contributed by atoms with Gasteiger partial charge in [0.25, 0.3) is 0 Å². The Labute approximate surface area is 173 Å². The van der Waals surface area contributed by atoms with Crippen LogP contribution in [-0.2, 0) is 16.0 Å². The van der Waals surface area contributed by atoms with E-state index in [1.54, 1.807) is 0 Å². The molecule has 0 aliphatic heterocycles. The highest BCUT2D eigenvalue weighted by atomic mass is 16.5. The summed E-state index contributed by atoms with van der Waals surface area (Å²) in [7, 11) is 0. The topological polar surface area (TPSA) is 62.1 Å². The lowest BCUT2D eigenvalue weighted by Crippen LogP contribution is -2.29. The summed E-state index contributed by atoms with van der Waals surface area (Å²) in [5.41, 5.74) is 4.44. The summed E-state index contributed by atoms with van der Waals surface area (Å²) in [6.45, 7) is 4.44. The second kappa shape index (κ2) is 10.2. The van der Waals surface area contributed by atoms with Crippen LogP contribution < -0.4 is 5.32 Å². The van der Waals surface area contributed by atoms with Gasteiger partial charge in [0.2, 0.25) is 0 Å². The third-order valence-electron chi connectivity index (χ3n) is 5.81. The van der Waals surface area contributed by atoms with Crippen LogP contribution in [0.3, 0.4) is 0 Å². The fourth-order valence-corrected chi connectivity index (χ4v) is 4.20. The Kier molecular flexibility index (Phi) is 7.43. The van der Waals surface area contributed by atoms with Gasteiger partial charge in [0.15, 0.2) is 0 Å². The predicted octanol–water partition coefficient (Wildman–Crippen LogP) is 5.04. The van der Waals surface area contributed by atoms with Crippen LogP contribution >= 0.6 is 0 Å². The molecule has 29 heavy (non-hydrogen) atoms. The molecule has 152 valence electrons. The summed E-state index contributed by atoms with van der Waals surface area (Å²) in [4.78, 5) is 11.5. The number of benzene rings is 2. The molecule has 0 radical (unpaired) electrons. The molecule has 0 unspecified atom stereocenters. The predicted molar refractivity (Wildman–Crippen MR) is 114 cm³/mol. The van der Waals surface area contributed by atoms with Crippen molar-refractivity contribution in [1.29, 1.82) is 5.26 Å². The first kappa shape index (κ1) is 21.1. The lowest BCUT2D eigenvalue weighted by atomic mass is 9.95. The number of nitrogens with one attached hydrogen (secondary N) is 1. The van der Waals surface area contributed by atoms with E-state index in [1.807, 2.05) is 25.1 Å². The van der Waals surface area contributed by atoms with Gasteiger partial charge in [-0.2, -0.15) is 5.26 Å². The molecule has 0 aromatic heterocycles. The summed E-state index contributed by atoms with van der Waals surface area (Å²) in [5, 5.41) is 12.8. The molecular formula is C25H30N2O2. The number of aryl methyl sites for hydroxylation is 1. The molecular weight excluding hydrogens is 360 g/mol. The van der Waals surface area contributed by atoms with Crippen LogP contribution in [0.25, 0.3) is 0 Å². The van der Waals surface area contributed by atoms with E-state index in [1.165, 1.54) is 23.1 Å². The van der Waals surface area contributed by atoms with Gasteiger partial charge in [0.05, 0.1) is 18.2 Å². The Bertz CT molecular complexity index is 854. The molecule has 2 aromatic carbocycles. The van der Waals surface area contributed by atoms with E-state index >= 15 is 0 Å². The third kappa shape index (κ3) is 5.92. The highest BCUT2D eigenvalue weighted by Gasteiger charge is 2.27. The molecule has 4 heteroatoms. The average Bonchev–Trinajstić information content (AvgIpc) is 3.21. The molecule has 3 rings (SSSR count). The largest absolute Gasteiger partial charge is 0.466 e. The molecule has 0 bridgehead atoms. The van der Waals surface area contributed by atoms with Crippen LogP contribution in [0, 0.1) is 11.3 Å². The lowest BCUT2D eigenvalue weighted by molar-refractivity contribution is -0.143. The maximum Gasteiger partial charge on any atom is 0.306 e. The molecule has 1 aliphatic carbocycles. The Hall–Kier alpha value is -2.64. The second-order valence-corrected chi connectivity index (χ2v) is 7.88. The summed E-state index contributed by atoms with van der Waals surface area (Å²) < 4.78 is 5.00. The van der Waals surface area contributed by atoms with E-state index in [4.69, 9.17) is 10.00 Å². The van der Waals surface area contributed by atoms with Gasteiger partial charge >= 0.3 is 5.97 Å². The number of hydrogen-bond acceptors (Lipinski definition) is 4. The van der Waals surface area contributed by atoms with E-state index in [9.17, 15) is 4.79 Å². The summed E-state index contributed by atoms with van der Waals surface area (Å²) in [6, 6.07) is 19.5. The summed E-state index contributed by atoms with van der Waals surface area (Å²) >= 11 is 0. The van der Waals surface area contributed by atoms with Crippen LogP contribution in [0.4, 0.5) is 0 Å². The number of carbonyl (C=O) groups excluding carboxylic acids is 1. The SMILES string of the molecule is CCOC(=O)CCc1ccc([C@H]2CC[C@H](N[C@H](C)c3cccc(C#N)c3)C2)cc1. The van der Waals surface area contributed by atoms with Crippen molar-refractivity contribution in [3.05, 3.63) is 70.8 Å². The smallest absolute Gasteiger partial charge is 0.306 e. The zero-order chi connectivity index (χ0) is 20.6. The summed E-state index contributed by atoms with van der Waals surface area (Å²) in [6.07, 6.45) is 4.65. The zero-order valence-electron chi connectivity index (χ0n) is 17.4. The molecule has 2 aromatic rings. The van der Waals surface area contributed by atoms with Crippen molar-refractivity contribution < 1.29 is 9.53 Å². The third-order valence-corrected chi connectivity index (χ3v) is 5.81. The number of nitrogens with zero attached hydrogens (tertiary/aromatic N) is 1. The van der Waals surface area contributed by atoms with Gasteiger partial charge in [0.1, 0.15) is 0 Å². The zero-order valence-corrected chi connectivity index (χ0v) is 17.4. The second-order valence-electron chi connectivity index (χ2n) is 7.88. The highest BCUT2D eigenvalue weighted by Crippen LogP contribution is 2.35. The van der Waals surface area contributed by atoms with Crippen molar-refractivity contribution in [3.8, 4) is 6.07 Å². The Morgan fingerprint density at radius 1 is 1.24 bits per heavy atom.